The summed E-state index contributed by atoms with van der Waals surface area (Å²) in [4.78, 5) is 25.4. The van der Waals surface area contributed by atoms with E-state index in [1.165, 1.54) is 9.21 Å². The van der Waals surface area contributed by atoms with E-state index in [2.05, 4.69) is 49.9 Å². The number of morpholine rings is 1. The van der Waals surface area contributed by atoms with Gasteiger partial charge in [-0.15, -0.1) is 0 Å². The number of carbonyl (C=O) groups excluding carboxylic acids is 1. The van der Waals surface area contributed by atoms with Crippen LogP contribution in [0.5, 0.6) is 0 Å². The van der Waals surface area contributed by atoms with E-state index in [-0.39, 0.29) is 26.2 Å². The van der Waals surface area contributed by atoms with Gasteiger partial charge in [-0.25, -0.2) is 14.8 Å². The number of anilines is 2. The summed E-state index contributed by atoms with van der Waals surface area (Å²) < 4.78 is 49.7. The first-order valence-electron chi connectivity index (χ1n) is 15.8. The summed E-state index contributed by atoms with van der Waals surface area (Å²) in [5, 5.41) is 0.934. The Labute approximate surface area is 273 Å². The molecular formula is C31H47N7O6SSi. The Morgan fingerprint density at radius 1 is 1.00 bits per heavy atom. The Hall–Kier alpha value is -3.24. The average molecular weight is 674 g/mol. The highest BCUT2D eigenvalue weighted by molar-refractivity contribution is 7.90. The summed E-state index contributed by atoms with van der Waals surface area (Å²) in [7, 11) is -5.08. The average Bonchev–Trinajstić information content (AvgIpc) is 3.37. The van der Waals surface area contributed by atoms with E-state index in [1.54, 1.807) is 39.2 Å². The van der Waals surface area contributed by atoms with E-state index in [1.807, 2.05) is 12.1 Å². The van der Waals surface area contributed by atoms with Gasteiger partial charge in [0.2, 0.25) is 0 Å². The van der Waals surface area contributed by atoms with Crippen LogP contribution in [-0.4, -0.2) is 111 Å². The molecule has 4 heterocycles. The highest BCUT2D eigenvalue weighted by atomic mass is 32.2. The van der Waals surface area contributed by atoms with Crippen LogP contribution >= 0.6 is 0 Å². The Kier molecular flexibility index (Phi) is 10.3. The maximum absolute atomic E-state index is 13.2. The van der Waals surface area contributed by atoms with Gasteiger partial charge in [0.1, 0.15) is 30.1 Å². The fourth-order valence-electron chi connectivity index (χ4n) is 5.34. The van der Waals surface area contributed by atoms with Crippen LogP contribution in [0.25, 0.3) is 22.3 Å². The number of hydrogen-bond donors (Lipinski definition) is 1. The maximum atomic E-state index is 13.2. The molecule has 2 saturated heterocycles. The molecule has 0 bridgehead atoms. The molecule has 13 nitrogen and oxygen atoms in total. The highest BCUT2D eigenvalue weighted by Crippen LogP contribution is 2.33. The number of fused-ring (bicyclic) bond motifs is 1. The molecule has 2 aliphatic heterocycles. The number of hydrogen-bond acceptors (Lipinski definition) is 9. The fourth-order valence-corrected chi connectivity index (χ4v) is 7.31. The zero-order valence-corrected chi connectivity index (χ0v) is 29.6. The second kappa shape index (κ2) is 13.9. The van der Waals surface area contributed by atoms with Crippen LogP contribution in [0.3, 0.4) is 0 Å². The number of nitrogens with zero attached hydrogens (tertiary/aromatic N) is 6. The largest absolute Gasteiger partial charge is 0.444 e. The van der Waals surface area contributed by atoms with E-state index < -0.39 is 30.0 Å². The molecule has 0 aliphatic carbocycles. The number of benzene rings is 1. The molecule has 2 aromatic heterocycles. The van der Waals surface area contributed by atoms with Crippen LogP contribution in [0.4, 0.5) is 16.3 Å². The van der Waals surface area contributed by atoms with Crippen LogP contribution < -0.4 is 9.62 Å². The molecule has 5 rings (SSSR count). The molecule has 1 amide bonds. The van der Waals surface area contributed by atoms with Gasteiger partial charge in [0.15, 0.2) is 0 Å². The summed E-state index contributed by atoms with van der Waals surface area (Å²) in [6.45, 7) is 17.1. The zero-order valence-electron chi connectivity index (χ0n) is 27.8. The lowest BCUT2D eigenvalue weighted by Crippen LogP contribution is -2.52. The van der Waals surface area contributed by atoms with Crippen molar-refractivity contribution in [2.75, 3.05) is 68.7 Å². The fraction of sp³-hybridized carbons (Fsp3) is 0.581. The lowest BCUT2D eigenvalue weighted by molar-refractivity contribution is 0.0193. The highest BCUT2D eigenvalue weighted by Gasteiger charge is 2.31. The maximum Gasteiger partial charge on any atom is 0.410 e. The van der Waals surface area contributed by atoms with Crippen molar-refractivity contribution in [2.45, 2.75) is 58.8 Å². The number of nitrogens with one attached hydrogen (secondary N) is 1. The molecule has 1 aromatic carbocycles. The minimum Gasteiger partial charge on any atom is -0.444 e. The van der Waals surface area contributed by atoms with E-state index in [9.17, 15) is 13.2 Å². The standard InChI is InChI=1S/C31H47N7O6SSi/c1-31(2,3)44-30(39)36-11-13-37(14-12-36)45(40,41)34-25-9-7-24(8-10-25)27-21-26-28(35-15-17-42-18-16-35)32-22-33-29(26)38(27)23-43-19-20-46(4,5)6/h7-10,21-22,34H,11-20,23H2,1-6H3. The van der Waals surface area contributed by atoms with Crippen molar-refractivity contribution in [2.24, 2.45) is 0 Å². The van der Waals surface area contributed by atoms with Gasteiger partial charge in [-0.1, -0.05) is 31.8 Å². The molecule has 0 radical (unpaired) electrons. The quantitative estimate of drug-likeness (QED) is 0.245. The van der Waals surface area contributed by atoms with Crippen molar-refractivity contribution in [3.8, 4) is 11.3 Å². The molecule has 0 atom stereocenters. The van der Waals surface area contributed by atoms with Gasteiger partial charge in [0.05, 0.1) is 24.3 Å². The number of carbonyl (C=O) groups is 1. The van der Waals surface area contributed by atoms with E-state index in [0.29, 0.717) is 32.2 Å². The topological polar surface area (TPSA) is 131 Å². The lowest BCUT2D eigenvalue weighted by atomic mass is 10.1. The van der Waals surface area contributed by atoms with Crippen LogP contribution in [0.1, 0.15) is 20.8 Å². The molecule has 46 heavy (non-hydrogen) atoms. The van der Waals surface area contributed by atoms with Gasteiger partial charge in [-0.2, -0.15) is 12.7 Å². The summed E-state index contributed by atoms with van der Waals surface area (Å²) in [5.41, 5.74) is 2.43. The summed E-state index contributed by atoms with van der Waals surface area (Å²) in [5.74, 6) is 0.867. The Morgan fingerprint density at radius 3 is 2.30 bits per heavy atom. The van der Waals surface area contributed by atoms with E-state index >= 15 is 0 Å². The predicted molar refractivity (Wildman–Crippen MR) is 182 cm³/mol. The Morgan fingerprint density at radius 2 is 1.67 bits per heavy atom. The van der Waals surface area contributed by atoms with Crippen LogP contribution in [0.2, 0.25) is 25.7 Å². The number of amides is 1. The van der Waals surface area contributed by atoms with Crippen molar-refractivity contribution < 1.29 is 27.4 Å². The van der Waals surface area contributed by atoms with Crippen molar-refractivity contribution in [3.05, 3.63) is 36.7 Å². The van der Waals surface area contributed by atoms with E-state index in [0.717, 1.165) is 47.2 Å². The molecule has 252 valence electrons. The predicted octanol–water partition coefficient (Wildman–Crippen LogP) is 4.46. The van der Waals surface area contributed by atoms with Gasteiger partial charge >= 0.3 is 16.3 Å². The van der Waals surface area contributed by atoms with E-state index in [4.69, 9.17) is 14.2 Å². The number of piperazine rings is 1. The summed E-state index contributed by atoms with van der Waals surface area (Å²) >= 11 is 0. The molecular weight excluding hydrogens is 627 g/mol. The minimum absolute atomic E-state index is 0.178. The van der Waals surface area contributed by atoms with Crippen molar-refractivity contribution in [1.29, 1.82) is 0 Å². The third-order valence-electron chi connectivity index (χ3n) is 7.85. The van der Waals surface area contributed by atoms with Crippen molar-refractivity contribution in [3.63, 3.8) is 0 Å². The van der Waals surface area contributed by atoms with Gasteiger partial charge in [0.25, 0.3) is 0 Å². The van der Waals surface area contributed by atoms with Gasteiger partial charge in [0, 0.05) is 59.6 Å². The molecule has 0 saturated carbocycles. The second-order valence-corrected chi connectivity index (χ2v) is 21.2. The first kappa shape index (κ1) is 34.1. The third kappa shape index (κ3) is 8.56. The molecule has 0 unspecified atom stereocenters. The SMILES string of the molecule is CC(C)(C)OC(=O)N1CCN(S(=O)(=O)Nc2ccc(-c3cc4c(N5CCOCC5)ncnc4n3COCC[Si](C)(C)C)cc2)CC1. The third-order valence-corrected chi connectivity index (χ3v) is 11.1. The van der Waals surface area contributed by atoms with Gasteiger partial charge < -0.3 is 28.6 Å². The van der Waals surface area contributed by atoms with Crippen molar-refractivity contribution in [1.82, 2.24) is 23.7 Å². The van der Waals surface area contributed by atoms with Crippen LogP contribution in [0.15, 0.2) is 36.7 Å². The summed E-state index contributed by atoms with van der Waals surface area (Å²) in [6, 6.07) is 10.4. The smallest absolute Gasteiger partial charge is 0.410 e. The van der Waals surface area contributed by atoms with Gasteiger partial charge in [-0.3, -0.25) is 4.72 Å². The summed E-state index contributed by atoms with van der Waals surface area (Å²) in [6.07, 6.45) is 1.16. The molecule has 1 N–H and O–H groups in total. The monoisotopic (exact) mass is 673 g/mol. The normalized spacial score (nSPS) is 17.0. The number of rotatable bonds is 10. The number of aromatic nitrogens is 3. The second-order valence-electron chi connectivity index (χ2n) is 13.9. The number of ether oxygens (including phenoxy) is 3. The van der Waals surface area contributed by atoms with Crippen LogP contribution in [-0.2, 0) is 31.2 Å². The minimum atomic E-state index is -3.82. The lowest BCUT2D eigenvalue weighted by Gasteiger charge is -2.34. The first-order valence-corrected chi connectivity index (χ1v) is 21.0. The molecule has 0 spiro atoms. The first-order chi connectivity index (χ1) is 21.7. The molecule has 15 heteroatoms. The Balaban J connectivity index is 1.33. The van der Waals surface area contributed by atoms with Crippen LogP contribution in [0, 0.1) is 0 Å². The molecule has 2 fully saturated rings. The zero-order chi connectivity index (χ0) is 33.1. The Bertz CT molecular complexity index is 1600. The molecule has 2 aliphatic rings. The molecule has 3 aromatic rings. The van der Waals surface area contributed by atoms with Crippen molar-refractivity contribution >= 4 is 46.9 Å². The van der Waals surface area contributed by atoms with Gasteiger partial charge in [-0.05, 0) is 50.6 Å².